The zero-order valence-corrected chi connectivity index (χ0v) is 19.7. The average Bonchev–Trinajstić information content (AvgIpc) is 3.08. The molecule has 0 aromatic heterocycles. The Morgan fingerprint density at radius 2 is 1.77 bits per heavy atom. The Kier molecular flexibility index (Phi) is 9.58. The third kappa shape index (κ3) is 6.51. The van der Waals surface area contributed by atoms with Crippen LogP contribution in [0.3, 0.4) is 0 Å². The molecule has 0 radical (unpaired) electrons. The number of rotatable bonds is 6. The van der Waals surface area contributed by atoms with Crippen molar-refractivity contribution in [3.8, 4) is 0 Å². The molecule has 0 aliphatic heterocycles. The summed E-state index contributed by atoms with van der Waals surface area (Å²) in [5.74, 6) is 1.43. The van der Waals surface area contributed by atoms with Gasteiger partial charge in [0.25, 0.3) is 0 Å². The third-order valence-corrected chi connectivity index (χ3v) is 6.97. The van der Waals surface area contributed by atoms with Crippen molar-refractivity contribution in [2.75, 3.05) is 25.9 Å². The number of nitrogens with zero attached hydrogens (tertiary/aromatic N) is 1. The van der Waals surface area contributed by atoms with Crippen LogP contribution in [0.25, 0.3) is 0 Å². The van der Waals surface area contributed by atoms with Gasteiger partial charge in [-0.1, -0.05) is 43.2 Å². The van der Waals surface area contributed by atoms with Gasteiger partial charge in [0.05, 0.1) is 0 Å². The Morgan fingerprint density at radius 1 is 1.15 bits per heavy atom. The first-order valence-electron chi connectivity index (χ1n) is 9.26. The van der Waals surface area contributed by atoms with Crippen molar-refractivity contribution in [1.82, 2.24) is 10.6 Å². The molecule has 0 heterocycles. The maximum Gasteiger partial charge on any atom is 0.191 e. The number of guanidine groups is 1. The minimum absolute atomic E-state index is 0. The highest BCUT2D eigenvalue weighted by atomic mass is 127. The van der Waals surface area contributed by atoms with E-state index in [4.69, 9.17) is 0 Å². The minimum atomic E-state index is -0.845. The van der Waals surface area contributed by atoms with Crippen molar-refractivity contribution in [2.24, 2.45) is 4.99 Å². The Morgan fingerprint density at radius 3 is 2.31 bits per heavy atom. The molecule has 0 spiro atoms. The second kappa shape index (κ2) is 10.6. The van der Waals surface area contributed by atoms with E-state index in [1.807, 2.05) is 20.8 Å². The number of halogens is 1. The van der Waals surface area contributed by atoms with Crippen LogP contribution in [0, 0.1) is 0 Å². The molecule has 4 nitrogen and oxygen atoms in total. The van der Waals surface area contributed by atoms with Gasteiger partial charge in [0.1, 0.15) is 0 Å². The monoisotopic (exact) mass is 491 g/mol. The zero-order chi connectivity index (χ0) is 18.3. The van der Waals surface area contributed by atoms with Gasteiger partial charge < -0.3 is 10.6 Å². The summed E-state index contributed by atoms with van der Waals surface area (Å²) in [4.78, 5) is 4.33. The van der Waals surface area contributed by atoms with Gasteiger partial charge in [-0.25, -0.2) is 0 Å². The zero-order valence-electron chi connectivity index (χ0n) is 16.5. The molecule has 148 valence electrons. The Balaban J connectivity index is 0.00000338. The molecule has 0 saturated heterocycles. The Labute approximate surface area is 178 Å². The molecule has 1 fully saturated rings. The standard InChI is InChI=1S/C20H33N3OS.HI/c1-19(2,3)25(24)15-14-22-18(21-4)23-16-20(12-8-9-13-20)17-10-6-5-7-11-17;/h5-7,10-11H,8-9,12-16H2,1-4H3,(H2,21,22,23);1H. The molecule has 1 saturated carbocycles. The van der Waals surface area contributed by atoms with Gasteiger partial charge in [-0.05, 0) is 39.2 Å². The van der Waals surface area contributed by atoms with E-state index in [0.29, 0.717) is 12.3 Å². The van der Waals surface area contributed by atoms with Crippen molar-refractivity contribution in [3.05, 3.63) is 35.9 Å². The summed E-state index contributed by atoms with van der Waals surface area (Å²) in [6, 6.07) is 10.8. The van der Waals surface area contributed by atoms with Crippen molar-refractivity contribution in [2.45, 2.75) is 56.6 Å². The molecule has 1 unspecified atom stereocenters. The van der Waals surface area contributed by atoms with E-state index in [1.165, 1.54) is 31.2 Å². The summed E-state index contributed by atoms with van der Waals surface area (Å²) in [5.41, 5.74) is 1.62. The van der Waals surface area contributed by atoms with E-state index in [2.05, 4.69) is 46.0 Å². The predicted octanol–water partition coefficient (Wildman–Crippen LogP) is 3.83. The molecule has 6 heteroatoms. The number of benzene rings is 1. The molecule has 1 aromatic rings. The SMILES string of the molecule is CN=C(NCCS(=O)C(C)(C)C)NCC1(c2ccccc2)CCCC1.I. The third-order valence-electron chi connectivity index (χ3n) is 5.03. The van der Waals surface area contributed by atoms with Crippen LogP contribution in [0.2, 0.25) is 0 Å². The van der Waals surface area contributed by atoms with Crippen LogP contribution in [0.5, 0.6) is 0 Å². The van der Waals surface area contributed by atoms with Crippen LogP contribution in [0.15, 0.2) is 35.3 Å². The second-order valence-electron chi connectivity index (χ2n) is 7.87. The molecule has 1 aromatic carbocycles. The minimum Gasteiger partial charge on any atom is -0.356 e. The topological polar surface area (TPSA) is 53.5 Å². The first-order chi connectivity index (χ1) is 11.9. The lowest BCUT2D eigenvalue weighted by Gasteiger charge is -2.31. The van der Waals surface area contributed by atoms with Crippen molar-refractivity contribution < 1.29 is 4.21 Å². The molecule has 26 heavy (non-hydrogen) atoms. The summed E-state index contributed by atoms with van der Waals surface area (Å²) in [5, 5.41) is 6.81. The van der Waals surface area contributed by atoms with E-state index in [-0.39, 0.29) is 34.1 Å². The quantitative estimate of drug-likeness (QED) is 0.362. The highest BCUT2D eigenvalue weighted by molar-refractivity contribution is 14.0. The van der Waals surface area contributed by atoms with Gasteiger partial charge in [-0.15, -0.1) is 24.0 Å². The molecule has 1 aliphatic rings. The number of hydrogen-bond acceptors (Lipinski definition) is 2. The fraction of sp³-hybridized carbons (Fsp3) is 0.650. The number of aliphatic imine (C=N–C) groups is 1. The Bertz CT molecular complexity index is 593. The lowest BCUT2D eigenvalue weighted by Crippen LogP contribution is -2.46. The fourth-order valence-electron chi connectivity index (χ4n) is 3.45. The van der Waals surface area contributed by atoms with Crippen LogP contribution in [-0.2, 0) is 16.2 Å². The van der Waals surface area contributed by atoms with E-state index < -0.39 is 10.8 Å². The molecular formula is C20H34IN3OS. The first-order valence-corrected chi connectivity index (χ1v) is 10.6. The highest BCUT2D eigenvalue weighted by Gasteiger charge is 2.35. The molecule has 1 atom stereocenters. The van der Waals surface area contributed by atoms with Gasteiger partial charge in [-0.2, -0.15) is 0 Å². The number of hydrogen-bond donors (Lipinski definition) is 2. The van der Waals surface area contributed by atoms with Crippen molar-refractivity contribution >= 4 is 40.7 Å². The Hall–Kier alpha value is -0.630. The maximum atomic E-state index is 12.1. The largest absolute Gasteiger partial charge is 0.356 e. The molecule has 2 rings (SSSR count). The normalized spacial score (nSPS) is 18.1. The second-order valence-corrected chi connectivity index (χ2v) is 10.2. The molecule has 0 bridgehead atoms. The summed E-state index contributed by atoms with van der Waals surface area (Å²) < 4.78 is 12.0. The molecule has 2 N–H and O–H groups in total. The molecule has 0 amide bonds. The summed E-state index contributed by atoms with van der Waals surface area (Å²) in [7, 11) is 0.947. The smallest absolute Gasteiger partial charge is 0.191 e. The van der Waals surface area contributed by atoms with Crippen LogP contribution in [0.1, 0.15) is 52.0 Å². The molecular weight excluding hydrogens is 457 g/mol. The van der Waals surface area contributed by atoms with Crippen LogP contribution >= 0.6 is 24.0 Å². The summed E-state index contributed by atoms with van der Waals surface area (Å²) in [6.45, 7) is 7.60. The summed E-state index contributed by atoms with van der Waals surface area (Å²) >= 11 is 0. The first kappa shape index (κ1) is 23.4. The van der Waals surface area contributed by atoms with Gasteiger partial charge in [0.15, 0.2) is 5.96 Å². The van der Waals surface area contributed by atoms with Crippen molar-refractivity contribution in [1.29, 1.82) is 0 Å². The van der Waals surface area contributed by atoms with Crippen LogP contribution in [-0.4, -0.2) is 40.8 Å². The van der Waals surface area contributed by atoms with E-state index in [9.17, 15) is 4.21 Å². The van der Waals surface area contributed by atoms with Crippen LogP contribution in [0.4, 0.5) is 0 Å². The lowest BCUT2D eigenvalue weighted by atomic mass is 9.79. The fourth-order valence-corrected chi connectivity index (χ4v) is 4.35. The van der Waals surface area contributed by atoms with Gasteiger partial charge >= 0.3 is 0 Å². The number of nitrogens with one attached hydrogen (secondary N) is 2. The van der Waals surface area contributed by atoms with E-state index >= 15 is 0 Å². The predicted molar refractivity (Wildman–Crippen MR) is 124 cm³/mol. The lowest BCUT2D eigenvalue weighted by molar-refractivity contribution is 0.432. The maximum absolute atomic E-state index is 12.1. The van der Waals surface area contributed by atoms with Gasteiger partial charge in [0, 0.05) is 46.9 Å². The van der Waals surface area contributed by atoms with Crippen molar-refractivity contribution in [3.63, 3.8) is 0 Å². The highest BCUT2D eigenvalue weighted by Crippen LogP contribution is 2.40. The summed E-state index contributed by atoms with van der Waals surface area (Å²) in [6.07, 6.45) is 5.00. The average molecular weight is 491 g/mol. The van der Waals surface area contributed by atoms with E-state index in [1.54, 1.807) is 7.05 Å². The van der Waals surface area contributed by atoms with Gasteiger partial charge in [0.2, 0.25) is 0 Å². The van der Waals surface area contributed by atoms with E-state index in [0.717, 1.165) is 12.5 Å². The molecule has 1 aliphatic carbocycles. The van der Waals surface area contributed by atoms with Crippen LogP contribution < -0.4 is 10.6 Å². The van der Waals surface area contributed by atoms with Gasteiger partial charge in [-0.3, -0.25) is 9.20 Å².